The lowest BCUT2D eigenvalue weighted by Gasteiger charge is -2.25. The van der Waals surface area contributed by atoms with Crippen LogP contribution in [-0.4, -0.2) is 47.4 Å². The van der Waals surface area contributed by atoms with Crippen molar-refractivity contribution in [1.82, 2.24) is 14.3 Å². The second-order valence-corrected chi connectivity index (χ2v) is 13.0. The molecule has 2 aliphatic rings. The predicted molar refractivity (Wildman–Crippen MR) is 137 cm³/mol. The van der Waals surface area contributed by atoms with Crippen LogP contribution >= 0.6 is 23.1 Å². The smallest absolute Gasteiger partial charge is 0.243 e. The van der Waals surface area contributed by atoms with E-state index in [9.17, 15) is 13.2 Å². The minimum absolute atomic E-state index is 0.152. The van der Waals surface area contributed by atoms with Crippen LogP contribution in [-0.2, 0) is 27.7 Å². The van der Waals surface area contributed by atoms with Crippen molar-refractivity contribution in [2.75, 3.05) is 24.2 Å². The third kappa shape index (κ3) is 4.86. The van der Waals surface area contributed by atoms with Gasteiger partial charge >= 0.3 is 0 Å². The Balaban J connectivity index is 1.24. The number of hydrogen-bond acceptors (Lipinski definition) is 7. The molecule has 1 aliphatic heterocycles. The number of thiophene rings is 1. The standard InChI is InChI=1S/C24H28N4O3S3/c1-16-5-10-19-20(13-16)33-24-22(19)23(25-15-26-24)32-14-21(29)27-17-6-8-18(9-7-17)34(30,31)28-11-3-2-4-12-28/h6-9,15-16H,2-5,10-14H2,1H3,(H,27,29)/t16-/m0/s1. The Morgan fingerprint density at radius 2 is 1.94 bits per heavy atom. The molecule has 1 amide bonds. The van der Waals surface area contributed by atoms with E-state index in [0.717, 1.165) is 47.3 Å². The fraction of sp³-hybridized carbons (Fsp3) is 0.458. The van der Waals surface area contributed by atoms with Gasteiger partial charge in [0.25, 0.3) is 0 Å². The van der Waals surface area contributed by atoms with E-state index < -0.39 is 10.0 Å². The number of rotatable bonds is 6. The first-order chi connectivity index (χ1) is 16.4. The summed E-state index contributed by atoms with van der Waals surface area (Å²) in [6.07, 6.45) is 7.75. The molecule has 1 saturated heterocycles. The van der Waals surface area contributed by atoms with Crippen molar-refractivity contribution in [1.29, 1.82) is 0 Å². The van der Waals surface area contributed by atoms with Gasteiger partial charge < -0.3 is 5.32 Å². The maximum absolute atomic E-state index is 12.8. The topological polar surface area (TPSA) is 92.3 Å². The van der Waals surface area contributed by atoms with Crippen LogP contribution in [0.15, 0.2) is 40.5 Å². The van der Waals surface area contributed by atoms with Crippen molar-refractivity contribution in [3.05, 3.63) is 41.0 Å². The molecular formula is C24H28N4O3S3. The van der Waals surface area contributed by atoms with Crippen LogP contribution in [0.25, 0.3) is 10.2 Å². The number of hydrogen-bond donors (Lipinski definition) is 1. The molecule has 1 aliphatic carbocycles. The first-order valence-corrected chi connectivity index (χ1v) is 14.9. The normalized spacial score (nSPS) is 19.1. The van der Waals surface area contributed by atoms with Crippen LogP contribution in [0, 0.1) is 5.92 Å². The second-order valence-electron chi connectivity index (χ2n) is 9.04. The van der Waals surface area contributed by atoms with Gasteiger partial charge in [0.1, 0.15) is 16.2 Å². The largest absolute Gasteiger partial charge is 0.325 e. The van der Waals surface area contributed by atoms with E-state index in [-0.39, 0.29) is 16.6 Å². The number of sulfonamides is 1. The van der Waals surface area contributed by atoms with Gasteiger partial charge in [-0.05, 0) is 67.9 Å². The van der Waals surface area contributed by atoms with Gasteiger partial charge in [0, 0.05) is 29.0 Å². The van der Waals surface area contributed by atoms with Gasteiger partial charge in [-0.25, -0.2) is 18.4 Å². The van der Waals surface area contributed by atoms with Crippen LogP contribution in [0.3, 0.4) is 0 Å². The van der Waals surface area contributed by atoms with Gasteiger partial charge in [-0.2, -0.15) is 4.31 Å². The van der Waals surface area contributed by atoms with E-state index in [0.29, 0.717) is 24.7 Å². The molecule has 0 radical (unpaired) electrons. The van der Waals surface area contributed by atoms with Gasteiger partial charge in [-0.1, -0.05) is 25.1 Å². The summed E-state index contributed by atoms with van der Waals surface area (Å²) in [6, 6.07) is 6.44. The summed E-state index contributed by atoms with van der Waals surface area (Å²) in [5, 5.41) is 4.84. The molecule has 180 valence electrons. The van der Waals surface area contributed by atoms with Crippen molar-refractivity contribution in [2.24, 2.45) is 5.92 Å². The molecule has 7 nitrogen and oxygen atoms in total. The highest BCUT2D eigenvalue weighted by atomic mass is 32.2. The number of benzene rings is 1. The molecule has 3 heterocycles. The minimum Gasteiger partial charge on any atom is -0.325 e. The fourth-order valence-corrected chi connectivity index (χ4v) is 8.41. The van der Waals surface area contributed by atoms with E-state index in [1.165, 1.54) is 28.6 Å². The van der Waals surface area contributed by atoms with Gasteiger partial charge in [0.15, 0.2) is 0 Å². The Morgan fingerprint density at radius 3 is 2.71 bits per heavy atom. The van der Waals surface area contributed by atoms with E-state index in [1.54, 1.807) is 46.2 Å². The number of fused-ring (bicyclic) bond motifs is 3. The summed E-state index contributed by atoms with van der Waals surface area (Å²) < 4.78 is 27.2. The molecule has 2 aromatic heterocycles. The average molecular weight is 517 g/mol. The number of amides is 1. The number of carbonyl (C=O) groups is 1. The van der Waals surface area contributed by atoms with Gasteiger partial charge in [-0.3, -0.25) is 4.79 Å². The van der Waals surface area contributed by atoms with Crippen molar-refractivity contribution in [3.63, 3.8) is 0 Å². The third-order valence-electron chi connectivity index (χ3n) is 6.49. The molecule has 0 saturated carbocycles. The van der Waals surface area contributed by atoms with E-state index in [2.05, 4.69) is 22.2 Å². The van der Waals surface area contributed by atoms with Gasteiger partial charge in [0.05, 0.1) is 10.6 Å². The SMILES string of the molecule is C[C@H]1CCc2c(sc3ncnc(SCC(=O)Nc4ccc(S(=O)(=O)N5CCCCC5)cc4)c23)C1. The lowest BCUT2D eigenvalue weighted by atomic mass is 9.89. The summed E-state index contributed by atoms with van der Waals surface area (Å²) >= 11 is 3.17. The molecular weight excluding hydrogens is 488 g/mol. The lowest BCUT2D eigenvalue weighted by Crippen LogP contribution is -2.35. The van der Waals surface area contributed by atoms with Crippen LogP contribution in [0.1, 0.15) is 43.0 Å². The molecule has 1 fully saturated rings. The maximum atomic E-state index is 12.8. The first-order valence-electron chi connectivity index (χ1n) is 11.7. The van der Waals surface area contributed by atoms with E-state index >= 15 is 0 Å². The highest BCUT2D eigenvalue weighted by Crippen LogP contribution is 2.40. The average Bonchev–Trinajstić information content (AvgIpc) is 3.21. The summed E-state index contributed by atoms with van der Waals surface area (Å²) in [4.78, 5) is 24.2. The zero-order chi connectivity index (χ0) is 23.7. The molecule has 1 aromatic carbocycles. The molecule has 0 unspecified atom stereocenters. The zero-order valence-corrected chi connectivity index (χ0v) is 21.6. The zero-order valence-electron chi connectivity index (χ0n) is 19.1. The molecule has 10 heteroatoms. The highest BCUT2D eigenvalue weighted by Gasteiger charge is 2.26. The Labute approximate surface area is 208 Å². The molecule has 34 heavy (non-hydrogen) atoms. The predicted octanol–water partition coefficient (Wildman–Crippen LogP) is 4.72. The van der Waals surface area contributed by atoms with Crippen molar-refractivity contribution >= 4 is 54.9 Å². The Bertz CT molecular complexity index is 1300. The number of aromatic nitrogens is 2. The van der Waals surface area contributed by atoms with Gasteiger partial charge in [-0.15, -0.1) is 11.3 Å². The number of thioether (sulfide) groups is 1. The summed E-state index contributed by atoms with van der Waals surface area (Å²) in [7, 11) is -3.48. The summed E-state index contributed by atoms with van der Waals surface area (Å²) in [5.74, 6) is 0.763. The molecule has 1 atom stereocenters. The molecule has 3 aromatic rings. The number of nitrogens with zero attached hydrogens (tertiary/aromatic N) is 3. The van der Waals surface area contributed by atoms with Crippen molar-refractivity contribution in [2.45, 2.75) is 55.4 Å². The monoisotopic (exact) mass is 516 g/mol. The van der Waals surface area contributed by atoms with Crippen LogP contribution in [0.5, 0.6) is 0 Å². The Kier molecular flexibility index (Phi) is 6.92. The molecule has 5 rings (SSSR count). The maximum Gasteiger partial charge on any atom is 0.243 e. The number of carbonyl (C=O) groups excluding carboxylic acids is 1. The van der Waals surface area contributed by atoms with Crippen LogP contribution in [0.2, 0.25) is 0 Å². The van der Waals surface area contributed by atoms with Gasteiger partial charge in [0.2, 0.25) is 15.9 Å². The number of nitrogens with one attached hydrogen (secondary N) is 1. The highest BCUT2D eigenvalue weighted by molar-refractivity contribution is 8.00. The third-order valence-corrected chi connectivity index (χ3v) is 10.6. The minimum atomic E-state index is -3.48. The van der Waals surface area contributed by atoms with E-state index in [1.807, 2.05) is 0 Å². The fourth-order valence-electron chi connectivity index (χ4n) is 4.65. The summed E-state index contributed by atoms with van der Waals surface area (Å²) in [6.45, 7) is 3.43. The molecule has 0 spiro atoms. The number of aryl methyl sites for hydroxylation is 1. The van der Waals surface area contributed by atoms with Crippen molar-refractivity contribution < 1.29 is 13.2 Å². The molecule has 0 bridgehead atoms. The number of anilines is 1. The molecule has 1 N–H and O–H groups in total. The lowest BCUT2D eigenvalue weighted by molar-refractivity contribution is -0.113. The quantitative estimate of drug-likeness (QED) is 0.376. The second kappa shape index (κ2) is 9.93. The Hall–Kier alpha value is -2.01. The van der Waals surface area contributed by atoms with Crippen LogP contribution in [0.4, 0.5) is 5.69 Å². The number of piperidine rings is 1. The Morgan fingerprint density at radius 1 is 1.18 bits per heavy atom. The van der Waals surface area contributed by atoms with Crippen molar-refractivity contribution in [3.8, 4) is 0 Å². The summed E-state index contributed by atoms with van der Waals surface area (Å²) in [5.41, 5.74) is 1.94. The first kappa shape index (κ1) is 23.7. The van der Waals surface area contributed by atoms with E-state index in [4.69, 9.17) is 0 Å². The van der Waals surface area contributed by atoms with Crippen LogP contribution < -0.4 is 5.32 Å².